The van der Waals surface area contributed by atoms with Crippen LogP contribution in [0.3, 0.4) is 0 Å². The fraction of sp³-hybridized carbons (Fsp3) is 0.850. The molecule has 0 unspecified atom stereocenters. The van der Waals surface area contributed by atoms with Gasteiger partial charge in [0, 0.05) is 28.9 Å². The van der Waals surface area contributed by atoms with Crippen molar-refractivity contribution in [3.63, 3.8) is 0 Å². The molecule has 5 heteroatoms. The number of aliphatic carboxylic acids is 2. The normalized spacial score (nSPS) is 11.1. The summed E-state index contributed by atoms with van der Waals surface area (Å²) in [5.41, 5.74) is 0. The Labute approximate surface area is 291 Å². The van der Waals surface area contributed by atoms with Crippen LogP contribution in [0, 0.1) is 0 Å². The zero-order chi connectivity index (χ0) is 32.6. The number of unbranched alkanes of at least 4 members (excludes halogenated alkanes) is 30. The number of carboxylic acids is 2. The van der Waals surface area contributed by atoms with Crippen molar-refractivity contribution >= 4 is 11.9 Å². The van der Waals surface area contributed by atoms with E-state index in [-0.39, 0.29) is 16.8 Å². The topological polar surface area (TPSA) is 74.6 Å². The maximum atomic E-state index is 10.3. The van der Waals surface area contributed by atoms with Crippen LogP contribution in [0.1, 0.15) is 219 Å². The Morgan fingerprint density at radius 1 is 0.356 bits per heavy atom. The Morgan fingerprint density at radius 2 is 0.533 bits per heavy atom. The molecule has 0 spiro atoms. The van der Waals surface area contributed by atoms with E-state index in [2.05, 4.69) is 13.8 Å². The maximum Gasteiger partial charge on any atom is 0.327 e. The predicted octanol–water partition coefficient (Wildman–Crippen LogP) is 13.8. The predicted molar refractivity (Wildman–Crippen MR) is 193 cm³/mol. The van der Waals surface area contributed by atoms with Crippen LogP contribution in [-0.2, 0) is 26.4 Å². The van der Waals surface area contributed by atoms with E-state index in [1.54, 1.807) is 12.2 Å². The quantitative estimate of drug-likeness (QED) is 0.0524. The van der Waals surface area contributed by atoms with Gasteiger partial charge in [-0.25, -0.2) is 9.59 Å². The van der Waals surface area contributed by atoms with Gasteiger partial charge >= 0.3 is 11.9 Å². The standard InChI is InChI=1S/2C20H38O2.Co/c2*1-2-3-4-5-6-7-8-9-10-11-12-13-14-15-16-17-18-19-20(21)22;/h2*18-19H,2-17H2,1H3,(H,21,22);. The molecular weight excluding hydrogens is 603 g/mol. The summed E-state index contributed by atoms with van der Waals surface area (Å²) in [5.74, 6) is -1.66. The van der Waals surface area contributed by atoms with Gasteiger partial charge in [-0.2, -0.15) is 0 Å². The summed E-state index contributed by atoms with van der Waals surface area (Å²) < 4.78 is 0. The number of carbonyl (C=O) groups is 2. The first kappa shape index (κ1) is 48.3. The van der Waals surface area contributed by atoms with E-state index in [1.807, 2.05) is 0 Å². The SMILES string of the molecule is CCCCCCCCCCCCCCCCCC=CC(=O)O.CCCCCCCCCCCCCCCCCC=CC(=O)O.[Co]. The Hall–Kier alpha value is -1.07. The van der Waals surface area contributed by atoms with Gasteiger partial charge in [-0.1, -0.05) is 206 Å². The van der Waals surface area contributed by atoms with Crippen LogP contribution in [0.15, 0.2) is 24.3 Å². The van der Waals surface area contributed by atoms with Crippen molar-refractivity contribution in [1.29, 1.82) is 0 Å². The smallest absolute Gasteiger partial charge is 0.327 e. The van der Waals surface area contributed by atoms with Crippen LogP contribution in [0.4, 0.5) is 0 Å². The van der Waals surface area contributed by atoms with E-state index < -0.39 is 11.9 Å². The van der Waals surface area contributed by atoms with Gasteiger partial charge in [-0.3, -0.25) is 0 Å². The van der Waals surface area contributed by atoms with Crippen LogP contribution in [0.2, 0.25) is 0 Å². The van der Waals surface area contributed by atoms with Crippen LogP contribution in [0.5, 0.6) is 0 Å². The van der Waals surface area contributed by atoms with E-state index >= 15 is 0 Å². The molecule has 0 saturated carbocycles. The van der Waals surface area contributed by atoms with Crippen molar-refractivity contribution in [2.45, 2.75) is 219 Å². The van der Waals surface area contributed by atoms with E-state index in [0.29, 0.717) is 0 Å². The molecule has 0 fully saturated rings. The molecule has 0 bridgehead atoms. The second-order valence-electron chi connectivity index (χ2n) is 13.0. The van der Waals surface area contributed by atoms with Gasteiger partial charge in [0.25, 0.3) is 0 Å². The van der Waals surface area contributed by atoms with E-state index in [0.717, 1.165) is 25.7 Å². The van der Waals surface area contributed by atoms with Crippen LogP contribution >= 0.6 is 0 Å². The monoisotopic (exact) mass is 680 g/mol. The third-order valence-electron chi connectivity index (χ3n) is 8.47. The average Bonchev–Trinajstić information content (AvgIpc) is 3.00. The summed E-state index contributed by atoms with van der Waals surface area (Å²) in [7, 11) is 0. The summed E-state index contributed by atoms with van der Waals surface area (Å²) in [6.45, 7) is 4.55. The van der Waals surface area contributed by atoms with E-state index in [1.165, 1.54) is 192 Å². The van der Waals surface area contributed by atoms with Crippen molar-refractivity contribution < 1.29 is 36.6 Å². The van der Waals surface area contributed by atoms with Gasteiger partial charge in [-0.05, 0) is 25.7 Å². The Kier molecular flexibility index (Phi) is 48.4. The van der Waals surface area contributed by atoms with E-state index in [4.69, 9.17) is 10.2 Å². The minimum absolute atomic E-state index is 0. The third-order valence-corrected chi connectivity index (χ3v) is 8.47. The van der Waals surface area contributed by atoms with Gasteiger partial charge in [0.2, 0.25) is 0 Å². The second-order valence-corrected chi connectivity index (χ2v) is 13.0. The zero-order valence-electron chi connectivity index (χ0n) is 30.0. The molecule has 0 rings (SSSR count). The molecular formula is C40H76CoO4. The maximum absolute atomic E-state index is 10.3. The molecule has 0 amide bonds. The van der Waals surface area contributed by atoms with Crippen molar-refractivity contribution in [3.8, 4) is 0 Å². The minimum Gasteiger partial charge on any atom is -0.478 e. The minimum atomic E-state index is -0.832. The molecule has 0 aromatic carbocycles. The van der Waals surface area contributed by atoms with Crippen LogP contribution in [-0.4, -0.2) is 22.2 Å². The van der Waals surface area contributed by atoms with Gasteiger partial charge in [-0.15, -0.1) is 0 Å². The first-order valence-corrected chi connectivity index (χ1v) is 19.3. The van der Waals surface area contributed by atoms with Gasteiger partial charge in [0.15, 0.2) is 0 Å². The number of hydrogen-bond donors (Lipinski definition) is 2. The second kappa shape index (κ2) is 45.0. The average molecular weight is 680 g/mol. The largest absolute Gasteiger partial charge is 0.478 e. The molecule has 45 heavy (non-hydrogen) atoms. The van der Waals surface area contributed by atoms with Gasteiger partial charge < -0.3 is 10.2 Å². The Morgan fingerprint density at radius 3 is 0.711 bits per heavy atom. The van der Waals surface area contributed by atoms with Crippen LogP contribution in [0.25, 0.3) is 0 Å². The molecule has 0 aliphatic carbocycles. The van der Waals surface area contributed by atoms with Gasteiger partial charge in [0.05, 0.1) is 0 Å². The van der Waals surface area contributed by atoms with Crippen molar-refractivity contribution in [2.24, 2.45) is 0 Å². The van der Waals surface area contributed by atoms with Crippen LogP contribution < -0.4 is 0 Å². The van der Waals surface area contributed by atoms with Crippen molar-refractivity contribution in [2.75, 3.05) is 0 Å². The number of allylic oxidation sites excluding steroid dienone is 2. The number of carboxylic acid groups (broad SMARTS) is 2. The zero-order valence-corrected chi connectivity index (χ0v) is 31.0. The molecule has 2 N–H and O–H groups in total. The molecule has 0 aromatic heterocycles. The first-order valence-electron chi connectivity index (χ1n) is 19.3. The Bertz CT molecular complexity index is 578. The fourth-order valence-electron chi connectivity index (χ4n) is 5.64. The first-order chi connectivity index (χ1) is 21.5. The molecule has 0 atom stereocenters. The summed E-state index contributed by atoms with van der Waals surface area (Å²) in [4.78, 5) is 20.5. The molecule has 0 aliphatic heterocycles. The fourth-order valence-corrected chi connectivity index (χ4v) is 5.64. The number of rotatable bonds is 34. The van der Waals surface area contributed by atoms with Crippen molar-refractivity contribution in [3.05, 3.63) is 24.3 Å². The molecule has 4 nitrogen and oxygen atoms in total. The molecule has 0 aromatic rings. The summed E-state index contributed by atoms with van der Waals surface area (Å²) in [5, 5.41) is 16.9. The Balaban J connectivity index is -0.000000767. The molecule has 1 radical (unpaired) electrons. The molecule has 0 heterocycles. The summed E-state index contributed by atoms with van der Waals surface area (Å²) in [6, 6.07) is 0. The molecule has 269 valence electrons. The summed E-state index contributed by atoms with van der Waals surface area (Å²) in [6.07, 6.45) is 49.0. The van der Waals surface area contributed by atoms with Gasteiger partial charge in [0.1, 0.15) is 0 Å². The molecule has 0 aliphatic rings. The van der Waals surface area contributed by atoms with Crippen molar-refractivity contribution in [1.82, 2.24) is 0 Å². The summed E-state index contributed by atoms with van der Waals surface area (Å²) >= 11 is 0. The van der Waals surface area contributed by atoms with E-state index in [9.17, 15) is 9.59 Å². The molecule has 0 saturated heterocycles. The number of hydrogen-bond acceptors (Lipinski definition) is 2. The third kappa shape index (κ3) is 52.7.